The summed E-state index contributed by atoms with van der Waals surface area (Å²) in [6.07, 6.45) is -7.91. The van der Waals surface area contributed by atoms with Crippen molar-refractivity contribution >= 4 is 11.0 Å². The number of phenolic OH excluding ortho intramolecular Hbond substituents is 2. The lowest BCUT2D eigenvalue weighted by molar-refractivity contribution is -0.277. The average molecular weight is 535 g/mol. The van der Waals surface area contributed by atoms with Gasteiger partial charge in [0.05, 0.1) is 12.2 Å². The number of aliphatic hydroxyl groups is 5. The van der Waals surface area contributed by atoms with Gasteiger partial charge in [-0.3, -0.25) is 4.79 Å². The molecule has 1 fully saturated rings. The third-order valence-electron chi connectivity index (χ3n) is 6.41. The Labute approximate surface area is 216 Å². The van der Waals surface area contributed by atoms with Crippen molar-refractivity contribution in [3.05, 3.63) is 46.1 Å². The minimum Gasteiger partial charge on any atom is -0.508 e. The van der Waals surface area contributed by atoms with Crippen LogP contribution in [-0.2, 0) is 11.2 Å². The van der Waals surface area contributed by atoms with Crippen LogP contribution < -0.4 is 10.2 Å². The van der Waals surface area contributed by atoms with Crippen LogP contribution in [-0.4, -0.2) is 83.8 Å². The summed E-state index contributed by atoms with van der Waals surface area (Å²) in [5, 5.41) is 81.3. The zero-order valence-electron chi connectivity index (χ0n) is 20.6. The van der Waals surface area contributed by atoms with Crippen LogP contribution in [0.25, 0.3) is 22.3 Å². The maximum atomic E-state index is 13.1. The van der Waals surface area contributed by atoms with Gasteiger partial charge in [0.1, 0.15) is 52.6 Å². The van der Waals surface area contributed by atoms with E-state index in [1.54, 1.807) is 0 Å². The SMILES string of the molecule is CC(C)(O)CCc1c(O[C@@H]2O[C@@H](CO)[C@@H](O)[C@H](O)[C@@H]2O)cc2oc(-c3ccc(O)cc3)c(O)c(=O)c2c1O. The Hall–Kier alpha value is -3.39. The van der Waals surface area contributed by atoms with Crippen LogP contribution >= 0.6 is 0 Å². The molecule has 0 spiro atoms. The summed E-state index contributed by atoms with van der Waals surface area (Å²) in [4.78, 5) is 13.1. The van der Waals surface area contributed by atoms with E-state index in [9.17, 15) is 45.6 Å². The molecule has 12 nitrogen and oxygen atoms in total. The van der Waals surface area contributed by atoms with Crippen LogP contribution in [0.2, 0.25) is 0 Å². The number of ether oxygens (including phenoxy) is 2. The summed E-state index contributed by atoms with van der Waals surface area (Å²) in [7, 11) is 0. The molecule has 1 aliphatic rings. The van der Waals surface area contributed by atoms with Crippen molar-refractivity contribution in [1.82, 2.24) is 0 Å². The largest absolute Gasteiger partial charge is 0.508 e. The molecular weight excluding hydrogens is 504 g/mol. The second-order valence-corrected chi connectivity index (χ2v) is 9.86. The Kier molecular flexibility index (Phi) is 7.57. The summed E-state index contributed by atoms with van der Waals surface area (Å²) >= 11 is 0. The molecular formula is C26H30O12. The van der Waals surface area contributed by atoms with E-state index in [0.29, 0.717) is 0 Å². The second kappa shape index (κ2) is 10.4. The first-order valence-electron chi connectivity index (χ1n) is 11.9. The van der Waals surface area contributed by atoms with Gasteiger partial charge in [0.2, 0.25) is 17.5 Å². The number of rotatable bonds is 7. The maximum Gasteiger partial charge on any atom is 0.238 e. The molecule has 0 unspecified atom stereocenters. The van der Waals surface area contributed by atoms with E-state index in [1.807, 2.05) is 0 Å². The fraction of sp³-hybridized carbons (Fsp3) is 0.423. The summed E-state index contributed by atoms with van der Waals surface area (Å²) in [6, 6.07) is 6.68. The predicted octanol–water partition coefficient (Wildman–Crippen LogP) is 0.459. The lowest BCUT2D eigenvalue weighted by Crippen LogP contribution is -2.60. The number of aromatic hydroxyl groups is 3. The summed E-state index contributed by atoms with van der Waals surface area (Å²) in [5.74, 6) is -1.83. The Morgan fingerprint density at radius 2 is 1.63 bits per heavy atom. The lowest BCUT2D eigenvalue weighted by atomic mass is 9.96. The van der Waals surface area contributed by atoms with Crippen molar-refractivity contribution in [3.63, 3.8) is 0 Å². The summed E-state index contributed by atoms with van der Waals surface area (Å²) < 4.78 is 17.0. The van der Waals surface area contributed by atoms with Crippen LogP contribution in [0.1, 0.15) is 25.8 Å². The van der Waals surface area contributed by atoms with Gasteiger partial charge in [0.25, 0.3) is 0 Å². The van der Waals surface area contributed by atoms with Gasteiger partial charge in [-0.25, -0.2) is 0 Å². The normalized spacial score (nSPS) is 24.0. The zero-order chi connectivity index (χ0) is 27.9. The zero-order valence-corrected chi connectivity index (χ0v) is 20.6. The molecule has 1 aromatic heterocycles. The molecule has 2 heterocycles. The summed E-state index contributed by atoms with van der Waals surface area (Å²) in [6.45, 7) is 2.38. The van der Waals surface area contributed by atoms with Crippen LogP contribution in [0.15, 0.2) is 39.5 Å². The first kappa shape index (κ1) is 27.6. The molecule has 8 N–H and O–H groups in total. The van der Waals surface area contributed by atoms with Crippen molar-refractivity contribution in [2.45, 2.75) is 63.0 Å². The molecule has 0 radical (unpaired) electrons. The highest BCUT2D eigenvalue weighted by molar-refractivity contribution is 5.90. The number of aliphatic hydroxyl groups excluding tert-OH is 4. The molecule has 12 heteroatoms. The summed E-state index contributed by atoms with van der Waals surface area (Å²) in [5.41, 5.74) is -2.07. The lowest BCUT2D eigenvalue weighted by Gasteiger charge is -2.39. The second-order valence-electron chi connectivity index (χ2n) is 9.86. The average Bonchev–Trinajstić information content (AvgIpc) is 2.86. The number of hydrogen-bond donors (Lipinski definition) is 8. The van der Waals surface area contributed by atoms with E-state index < -0.39 is 59.8 Å². The molecule has 206 valence electrons. The molecule has 5 atom stereocenters. The molecule has 2 aromatic carbocycles. The minimum atomic E-state index is -1.76. The van der Waals surface area contributed by atoms with E-state index in [0.717, 1.165) is 0 Å². The van der Waals surface area contributed by atoms with E-state index in [1.165, 1.54) is 44.2 Å². The molecule has 0 saturated carbocycles. The molecule has 38 heavy (non-hydrogen) atoms. The van der Waals surface area contributed by atoms with Gasteiger partial charge in [-0.05, 0) is 51.0 Å². The Balaban J connectivity index is 1.87. The fourth-order valence-corrected chi connectivity index (χ4v) is 4.22. The van der Waals surface area contributed by atoms with Gasteiger partial charge in [-0.2, -0.15) is 0 Å². The molecule has 0 bridgehead atoms. The van der Waals surface area contributed by atoms with Crippen LogP contribution in [0.3, 0.4) is 0 Å². The molecule has 0 aliphatic carbocycles. The van der Waals surface area contributed by atoms with E-state index in [2.05, 4.69) is 0 Å². The molecule has 3 aromatic rings. The van der Waals surface area contributed by atoms with Crippen molar-refractivity contribution in [1.29, 1.82) is 0 Å². The van der Waals surface area contributed by atoms with Gasteiger partial charge in [0.15, 0.2) is 5.76 Å². The minimum absolute atomic E-state index is 0.0145. The van der Waals surface area contributed by atoms with Gasteiger partial charge in [-0.1, -0.05) is 0 Å². The van der Waals surface area contributed by atoms with E-state index in [-0.39, 0.29) is 52.2 Å². The molecule has 4 rings (SSSR count). The van der Waals surface area contributed by atoms with Gasteiger partial charge in [-0.15, -0.1) is 0 Å². The van der Waals surface area contributed by atoms with Crippen molar-refractivity contribution in [3.8, 4) is 34.3 Å². The number of benzene rings is 2. The highest BCUT2D eigenvalue weighted by atomic mass is 16.7. The van der Waals surface area contributed by atoms with Crippen LogP contribution in [0, 0.1) is 0 Å². The molecule has 0 amide bonds. The third-order valence-corrected chi connectivity index (χ3v) is 6.41. The highest BCUT2D eigenvalue weighted by Crippen LogP contribution is 2.41. The quantitative estimate of drug-likeness (QED) is 0.208. The topological polar surface area (TPSA) is 211 Å². The molecule has 1 saturated heterocycles. The first-order chi connectivity index (χ1) is 17.8. The van der Waals surface area contributed by atoms with Crippen molar-refractivity contribution in [2.24, 2.45) is 0 Å². The standard InChI is InChI=1S/C26H30O12/c1-26(2,35)8-7-13-14(37-25-23(34)21(32)19(30)16(10-27)38-25)9-15-17(18(13)29)20(31)22(33)24(36-15)11-3-5-12(28)6-4-11/h3-6,9,16,19,21,23,25,27-30,32-35H,7-8,10H2,1-2H3/t16-,19+,21-,23-,25+/m0/s1. The van der Waals surface area contributed by atoms with E-state index in [4.69, 9.17) is 13.9 Å². The maximum absolute atomic E-state index is 13.1. The Bertz CT molecular complexity index is 1360. The Morgan fingerprint density at radius 1 is 0.974 bits per heavy atom. The van der Waals surface area contributed by atoms with Crippen LogP contribution in [0.5, 0.6) is 23.0 Å². The number of fused-ring (bicyclic) bond motifs is 1. The number of hydrogen-bond acceptors (Lipinski definition) is 12. The Morgan fingerprint density at radius 3 is 2.24 bits per heavy atom. The van der Waals surface area contributed by atoms with E-state index >= 15 is 0 Å². The monoisotopic (exact) mass is 534 g/mol. The fourth-order valence-electron chi connectivity index (χ4n) is 4.22. The van der Waals surface area contributed by atoms with Crippen LogP contribution in [0.4, 0.5) is 0 Å². The van der Waals surface area contributed by atoms with Gasteiger partial charge < -0.3 is 54.7 Å². The third kappa shape index (κ3) is 5.27. The number of phenols is 2. The van der Waals surface area contributed by atoms with Gasteiger partial charge in [0, 0.05) is 17.2 Å². The van der Waals surface area contributed by atoms with Crippen molar-refractivity contribution < 1.29 is 54.7 Å². The predicted molar refractivity (Wildman–Crippen MR) is 132 cm³/mol. The van der Waals surface area contributed by atoms with Gasteiger partial charge >= 0.3 is 0 Å². The van der Waals surface area contributed by atoms with Crippen molar-refractivity contribution in [2.75, 3.05) is 6.61 Å². The first-order valence-corrected chi connectivity index (χ1v) is 11.9. The molecule has 1 aliphatic heterocycles. The smallest absolute Gasteiger partial charge is 0.238 e. The highest BCUT2D eigenvalue weighted by Gasteiger charge is 2.45.